The van der Waals surface area contributed by atoms with Gasteiger partial charge in [-0.3, -0.25) is 4.98 Å². The van der Waals surface area contributed by atoms with Crippen molar-refractivity contribution in [2.45, 2.75) is 32.2 Å². The molecule has 3 aromatic rings. The number of nitrogens with zero attached hydrogens (tertiary/aromatic N) is 4. The zero-order chi connectivity index (χ0) is 15.1. The van der Waals surface area contributed by atoms with Crippen LogP contribution in [-0.4, -0.2) is 19.5 Å². The number of fused-ring (bicyclic) bond motifs is 2. The summed E-state index contributed by atoms with van der Waals surface area (Å²) in [5.74, 6) is 0.868. The van der Waals surface area contributed by atoms with E-state index in [0.717, 1.165) is 24.2 Å². The van der Waals surface area contributed by atoms with Gasteiger partial charge in [-0.1, -0.05) is 0 Å². The summed E-state index contributed by atoms with van der Waals surface area (Å²) in [6.45, 7) is 2.17. The lowest BCUT2D eigenvalue weighted by molar-refractivity contribution is 0.577. The molecule has 0 saturated carbocycles. The standard InChI is InChI=1S/C17H19N5/c1-11-10-12-13(4-3-5-15(12)22(11)2)20-16-7-6-14-17(21-16)19-9-8-18-14/h6-10,13H,3-5H2,1-2H3,(H,19,20,21). The topological polar surface area (TPSA) is 55.6 Å². The number of aryl methyl sites for hydroxylation is 1. The molecule has 1 N–H and O–H groups in total. The molecule has 22 heavy (non-hydrogen) atoms. The summed E-state index contributed by atoms with van der Waals surface area (Å²) in [4.78, 5) is 13.1. The molecule has 1 aliphatic carbocycles. The first kappa shape index (κ1) is 13.2. The van der Waals surface area contributed by atoms with Crippen LogP contribution in [0.4, 0.5) is 5.82 Å². The lowest BCUT2D eigenvalue weighted by Crippen LogP contribution is -2.18. The normalized spacial score (nSPS) is 17.5. The highest BCUT2D eigenvalue weighted by atomic mass is 15.1. The molecule has 0 amide bonds. The molecule has 0 bridgehead atoms. The van der Waals surface area contributed by atoms with Gasteiger partial charge in [-0.25, -0.2) is 9.97 Å². The molecule has 1 atom stereocenters. The van der Waals surface area contributed by atoms with Crippen LogP contribution < -0.4 is 5.32 Å². The Bertz CT molecular complexity index is 836. The minimum Gasteiger partial charge on any atom is -0.363 e. The number of hydrogen-bond acceptors (Lipinski definition) is 4. The average molecular weight is 293 g/mol. The zero-order valence-electron chi connectivity index (χ0n) is 12.9. The Kier molecular flexibility index (Phi) is 3.06. The third-order valence-corrected chi connectivity index (χ3v) is 4.57. The molecule has 1 unspecified atom stereocenters. The quantitative estimate of drug-likeness (QED) is 0.788. The molecular formula is C17H19N5. The molecule has 3 heterocycles. The van der Waals surface area contributed by atoms with E-state index in [4.69, 9.17) is 0 Å². The van der Waals surface area contributed by atoms with Crippen LogP contribution in [0.15, 0.2) is 30.6 Å². The van der Waals surface area contributed by atoms with E-state index >= 15 is 0 Å². The van der Waals surface area contributed by atoms with Crippen molar-refractivity contribution in [3.63, 3.8) is 0 Å². The molecule has 0 aliphatic heterocycles. The van der Waals surface area contributed by atoms with Crippen LogP contribution in [0.2, 0.25) is 0 Å². The molecule has 4 rings (SSSR count). The summed E-state index contributed by atoms with van der Waals surface area (Å²) in [6.07, 6.45) is 6.87. The fourth-order valence-corrected chi connectivity index (χ4v) is 3.32. The Hall–Kier alpha value is -2.43. The molecule has 112 valence electrons. The Labute approximate surface area is 129 Å². The maximum atomic E-state index is 4.58. The highest BCUT2D eigenvalue weighted by molar-refractivity contribution is 5.71. The van der Waals surface area contributed by atoms with Gasteiger partial charge in [-0.15, -0.1) is 0 Å². The molecule has 0 spiro atoms. The maximum Gasteiger partial charge on any atom is 0.180 e. The van der Waals surface area contributed by atoms with Gasteiger partial charge in [0.2, 0.25) is 0 Å². The number of rotatable bonds is 2. The van der Waals surface area contributed by atoms with E-state index in [-0.39, 0.29) is 0 Å². The van der Waals surface area contributed by atoms with Crippen molar-refractivity contribution < 1.29 is 0 Å². The van der Waals surface area contributed by atoms with Crippen molar-refractivity contribution >= 4 is 17.0 Å². The van der Waals surface area contributed by atoms with Crippen LogP contribution in [0.5, 0.6) is 0 Å². The third kappa shape index (κ3) is 2.13. The van der Waals surface area contributed by atoms with Crippen molar-refractivity contribution in [3.05, 3.63) is 47.5 Å². The van der Waals surface area contributed by atoms with Crippen LogP contribution in [0.25, 0.3) is 11.2 Å². The van der Waals surface area contributed by atoms with Crippen LogP contribution in [0, 0.1) is 6.92 Å². The van der Waals surface area contributed by atoms with E-state index in [2.05, 4.69) is 44.9 Å². The number of hydrogen-bond donors (Lipinski definition) is 1. The van der Waals surface area contributed by atoms with Gasteiger partial charge in [0.15, 0.2) is 5.65 Å². The molecule has 5 nitrogen and oxygen atoms in total. The van der Waals surface area contributed by atoms with Crippen molar-refractivity contribution in [3.8, 4) is 0 Å². The van der Waals surface area contributed by atoms with Crippen LogP contribution >= 0.6 is 0 Å². The van der Waals surface area contributed by atoms with E-state index in [1.165, 1.54) is 23.4 Å². The van der Waals surface area contributed by atoms with Gasteiger partial charge < -0.3 is 9.88 Å². The van der Waals surface area contributed by atoms with Crippen LogP contribution in [0.1, 0.15) is 35.8 Å². The molecule has 0 aromatic carbocycles. The Balaban J connectivity index is 1.67. The minimum absolute atomic E-state index is 0.324. The van der Waals surface area contributed by atoms with Crippen molar-refractivity contribution in [2.24, 2.45) is 7.05 Å². The summed E-state index contributed by atoms with van der Waals surface area (Å²) < 4.78 is 2.31. The second-order valence-corrected chi connectivity index (χ2v) is 5.93. The van der Waals surface area contributed by atoms with Crippen LogP contribution in [-0.2, 0) is 13.5 Å². The number of nitrogens with one attached hydrogen (secondary N) is 1. The molecule has 0 saturated heterocycles. The highest BCUT2D eigenvalue weighted by Gasteiger charge is 2.24. The number of pyridine rings is 1. The minimum atomic E-state index is 0.324. The lowest BCUT2D eigenvalue weighted by atomic mass is 9.92. The Morgan fingerprint density at radius 1 is 1.23 bits per heavy atom. The fourth-order valence-electron chi connectivity index (χ4n) is 3.32. The molecule has 3 aromatic heterocycles. The smallest absolute Gasteiger partial charge is 0.180 e. The van der Waals surface area contributed by atoms with Gasteiger partial charge in [0, 0.05) is 30.8 Å². The predicted octanol–water partition coefficient (Wildman–Crippen LogP) is 3.16. The Morgan fingerprint density at radius 2 is 2.09 bits per heavy atom. The van der Waals surface area contributed by atoms with E-state index in [0.29, 0.717) is 11.7 Å². The second-order valence-electron chi connectivity index (χ2n) is 5.93. The first-order valence-corrected chi connectivity index (χ1v) is 7.72. The van der Waals surface area contributed by atoms with E-state index in [9.17, 15) is 0 Å². The average Bonchev–Trinajstić information content (AvgIpc) is 2.84. The van der Waals surface area contributed by atoms with Gasteiger partial charge in [-0.05, 0) is 49.9 Å². The first-order chi connectivity index (χ1) is 10.7. The molecule has 5 heteroatoms. The van der Waals surface area contributed by atoms with Gasteiger partial charge in [0.1, 0.15) is 11.3 Å². The van der Waals surface area contributed by atoms with E-state index in [1.54, 1.807) is 12.4 Å². The highest BCUT2D eigenvalue weighted by Crippen LogP contribution is 2.34. The molecular weight excluding hydrogens is 274 g/mol. The SMILES string of the molecule is Cc1cc2c(n1C)CCCC2Nc1ccc2nccnc2n1. The summed E-state index contributed by atoms with van der Waals surface area (Å²) in [5, 5.41) is 3.58. The maximum absolute atomic E-state index is 4.58. The van der Waals surface area contributed by atoms with Crippen molar-refractivity contribution in [1.29, 1.82) is 0 Å². The van der Waals surface area contributed by atoms with Gasteiger partial charge >= 0.3 is 0 Å². The monoisotopic (exact) mass is 293 g/mol. The Morgan fingerprint density at radius 3 is 3.00 bits per heavy atom. The van der Waals surface area contributed by atoms with E-state index < -0.39 is 0 Å². The van der Waals surface area contributed by atoms with Crippen LogP contribution in [0.3, 0.4) is 0 Å². The lowest BCUT2D eigenvalue weighted by Gasteiger charge is -2.25. The van der Waals surface area contributed by atoms with Gasteiger partial charge in [0.05, 0.1) is 6.04 Å². The van der Waals surface area contributed by atoms with Gasteiger partial charge in [0.25, 0.3) is 0 Å². The molecule has 0 radical (unpaired) electrons. The van der Waals surface area contributed by atoms with E-state index in [1.807, 2.05) is 12.1 Å². The number of anilines is 1. The molecule has 1 aliphatic rings. The summed E-state index contributed by atoms with van der Waals surface area (Å²) in [7, 11) is 2.15. The first-order valence-electron chi connectivity index (χ1n) is 7.72. The van der Waals surface area contributed by atoms with Gasteiger partial charge in [-0.2, -0.15) is 0 Å². The second kappa shape index (κ2) is 5.09. The summed E-state index contributed by atoms with van der Waals surface area (Å²) in [5.41, 5.74) is 5.69. The predicted molar refractivity (Wildman–Crippen MR) is 86.8 cm³/mol. The largest absolute Gasteiger partial charge is 0.363 e. The summed E-state index contributed by atoms with van der Waals surface area (Å²) >= 11 is 0. The molecule has 0 fully saturated rings. The van der Waals surface area contributed by atoms with Crippen molar-refractivity contribution in [1.82, 2.24) is 19.5 Å². The van der Waals surface area contributed by atoms with Crippen molar-refractivity contribution in [2.75, 3.05) is 5.32 Å². The summed E-state index contributed by atoms with van der Waals surface area (Å²) in [6, 6.07) is 6.58. The zero-order valence-corrected chi connectivity index (χ0v) is 12.9. The number of aromatic nitrogens is 4. The fraction of sp³-hybridized carbons (Fsp3) is 0.353. The third-order valence-electron chi connectivity index (χ3n) is 4.57.